The lowest BCUT2D eigenvalue weighted by Crippen LogP contribution is -2.34. The molecule has 2 aliphatic rings. The third-order valence-corrected chi connectivity index (χ3v) is 8.16. The van der Waals surface area contributed by atoms with Gasteiger partial charge in [-0.15, -0.1) is 0 Å². The number of amides is 1. The number of rotatable bonds is 5. The van der Waals surface area contributed by atoms with Gasteiger partial charge in [0.15, 0.2) is 0 Å². The van der Waals surface area contributed by atoms with Crippen LogP contribution in [-0.4, -0.2) is 11.0 Å². The molecule has 0 unspecified atom stereocenters. The molecule has 35 heavy (non-hydrogen) atoms. The highest BCUT2D eigenvalue weighted by Crippen LogP contribution is 2.55. The second-order valence-corrected chi connectivity index (χ2v) is 11.6. The molecule has 0 bridgehead atoms. The van der Waals surface area contributed by atoms with Gasteiger partial charge in [-0.2, -0.15) is 0 Å². The standard InChI is InChI=1S/C32H35NO2/c1-30(2)16-17-31(3,4)28-21-24(9-14-27(28)30)32(18-19-32)23-7-5-6-22(20-23)8-15-29(35)33-25-10-12-26(34)13-11-25/h5-15,20-21,34H,16-19H2,1-4H3,(H,33,35). The smallest absolute Gasteiger partial charge is 0.248 e. The molecule has 0 saturated heterocycles. The predicted molar refractivity (Wildman–Crippen MR) is 144 cm³/mol. The van der Waals surface area contributed by atoms with Crippen LogP contribution in [0.4, 0.5) is 5.69 Å². The highest BCUT2D eigenvalue weighted by atomic mass is 16.3. The third-order valence-electron chi connectivity index (χ3n) is 8.16. The lowest BCUT2D eigenvalue weighted by molar-refractivity contribution is -0.111. The van der Waals surface area contributed by atoms with Crippen LogP contribution in [0.2, 0.25) is 0 Å². The van der Waals surface area contributed by atoms with Crippen LogP contribution in [0.1, 0.15) is 81.2 Å². The number of carbonyl (C=O) groups excluding carboxylic acids is 1. The minimum absolute atomic E-state index is 0.0743. The van der Waals surface area contributed by atoms with Crippen LogP contribution in [-0.2, 0) is 21.0 Å². The summed E-state index contributed by atoms with van der Waals surface area (Å²) in [5, 5.41) is 12.2. The summed E-state index contributed by atoms with van der Waals surface area (Å²) in [6.45, 7) is 9.53. The van der Waals surface area contributed by atoms with Crippen LogP contribution in [0.15, 0.2) is 72.8 Å². The van der Waals surface area contributed by atoms with E-state index in [1.807, 2.05) is 12.1 Å². The molecular formula is C32H35NO2. The lowest BCUT2D eigenvalue weighted by atomic mass is 9.62. The van der Waals surface area contributed by atoms with Crippen molar-refractivity contribution in [3.63, 3.8) is 0 Å². The number of phenolic OH excluding ortho intramolecular Hbond substituents is 1. The topological polar surface area (TPSA) is 49.3 Å². The van der Waals surface area contributed by atoms with Gasteiger partial charge in [0.2, 0.25) is 5.91 Å². The summed E-state index contributed by atoms with van der Waals surface area (Å²) in [5.41, 5.74) is 7.95. The van der Waals surface area contributed by atoms with Gasteiger partial charge < -0.3 is 10.4 Å². The number of carbonyl (C=O) groups is 1. The molecule has 3 aromatic rings. The fraction of sp³-hybridized carbons (Fsp3) is 0.344. The highest BCUT2D eigenvalue weighted by Gasteiger charge is 2.47. The molecule has 3 heteroatoms. The van der Waals surface area contributed by atoms with Crippen molar-refractivity contribution in [2.45, 2.75) is 69.6 Å². The molecule has 1 amide bonds. The lowest BCUT2D eigenvalue weighted by Gasteiger charge is -2.42. The van der Waals surface area contributed by atoms with Crippen LogP contribution in [0, 0.1) is 0 Å². The van der Waals surface area contributed by atoms with E-state index in [9.17, 15) is 9.90 Å². The van der Waals surface area contributed by atoms with Crippen molar-refractivity contribution in [2.75, 3.05) is 5.32 Å². The SMILES string of the molecule is CC1(C)CCC(C)(C)c2cc(C3(c4cccc(C=CC(=O)Nc5ccc(O)cc5)c4)CC3)ccc21. The van der Waals surface area contributed by atoms with Crippen molar-refractivity contribution in [1.29, 1.82) is 0 Å². The molecule has 0 spiro atoms. The Labute approximate surface area is 208 Å². The largest absolute Gasteiger partial charge is 0.508 e. The Morgan fingerprint density at radius 3 is 2.14 bits per heavy atom. The Bertz CT molecular complexity index is 1290. The fourth-order valence-corrected chi connectivity index (χ4v) is 5.60. The van der Waals surface area contributed by atoms with Crippen molar-refractivity contribution in [2.24, 2.45) is 0 Å². The number of aromatic hydroxyl groups is 1. The first-order valence-corrected chi connectivity index (χ1v) is 12.6. The zero-order valence-corrected chi connectivity index (χ0v) is 21.2. The van der Waals surface area contributed by atoms with Gasteiger partial charge in [-0.25, -0.2) is 0 Å². The number of fused-ring (bicyclic) bond motifs is 1. The average Bonchev–Trinajstić information content (AvgIpc) is 3.65. The van der Waals surface area contributed by atoms with Crippen LogP contribution < -0.4 is 5.32 Å². The van der Waals surface area contributed by atoms with Gasteiger partial charge in [0.05, 0.1) is 0 Å². The normalized spacial score (nSPS) is 19.2. The first-order chi connectivity index (χ1) is 16.6. The Morgan fingerprint density at radius 2 is 1.46 bits per heavy atom. The first-order valence-electron chi connectivity index (χ1n) is 12.6. The van der Waals surface area contributed by atoms with Crippen molar-refractivity contribution in [1.82, 2.24) is 0 Å². The monoisotopic (exact) mass is 465 g/mol. The van der Waals surface area contributed by atoms with E-state index < -0.39 is 0 Å². The highest BCUT2D eigenvalue weighted by molar-refractivity contribution is 6.01. The Hall–Kier alpha value is -3.33. The van der Waals surface area contributed by atoms with Crippen molar-refractivity contribution in [3.8, 4) is 5.75 Å². The van der Waals surface area contributed by atoms with E-state index in [-0.39, 0.29) is 27.9 Å². The average molecular weight is 466 g/mol. The van der Waals surface area contributed by atoms with E-state index in [2.05, 4.69) is 69.4 Å². The molecule has 0 aromatic heterocycles. The van der Waals surface area contributed by atoms with E-state index in [1.54, 1.807) is 30.3 Å². The molecule has 2 aliphatic carbocycles. The van der Waals surface area contributed by atoms with E-state index in [0.29, 0.717) is 5.69 Å². The van der Waals surface area contributed by atoms with Gasteiger partial charge >= 0.3 is 0 Å². The van der Waals surface area contributed by atoms with E-state index in [1.165, 1.54) is 35.1 Å². The van der Waals surface area contributed by atoms with E-state index >= 15 is 0 Å². The molecule has 3 aromatic carbocycles. The summed E-state index contributed by atoms with van der Waals surface area (Å²) < 4.78 is 0. The molecule has 0 radical (unpaired) electrons. The summed E-state index contributed by atoms with van der Waals surface area (Å²) in [5.74, 6) is -0.0164. The van der Waals surface area contributed by atoms with Gasteiger partial charge in [0.25, 0.3) is 0 Å². The predicted octanol–water partition coefficient (Wildman–Crippen LogP) is 7.47. The molecule has 2 N–H and O–H groups in total. The minimum atomic E-state index is -0.193. The van der Waals surface area contributed by atoms with Crippen LogP contribution in [0.5, 0.6) is 5.75 Å². The molecule has 0 atom stereocenters. The molecule has 5 rings (SSSR count). The maximum Gasteiger partial charge on any atom is 0.248 e. The Balaban J connectivity index is 1.39. The summed E-state index contributed by atoms with van der Waals surface area (Å²) in [7, 11) is 0. The second-order valence-electron chi connectivity index (χ2n) is 11.6. The van der Waals surface area contributed by atoms with Crippen LogP contribution >= 0.6 is 0 Å². The van der Waals surface area contributed by atoms with Crippen LogP contribution in [0.25, 0.3) is 6.08 Å². The van der Waals surface area contributed by atoms with Gasteiger partial charge in [-0.05, 0) is 94.7 Å². The second kappa shape index (κ2) is 8.41. The number of hydrogen-bond donors (Lipinski definition) is 2. The zero-order valence-electron chi connectivity index (χ0n) is 21.2. The number of hydrogen-bond acceptors (Lipinski definition) is 2. The quantitative estimate of drug-likeness (QED) is 0.303. The molecule has 3 nitrogen and oxygen atoms in total. The van der Waals surface area contributed by atoms with Crippen molar-refractivity contribution >= 4 is 17.7 Å². The first kappa shape index (κ1) is 23.4. The van der Waals surface area contributed by atoms with Gasteiger partial charge in [0, 0.05) is 17.2 Å². The third kappa shape index (κ3) is 4.52. The molecule has 1 saturated carbocycles. The minimum Gasteiger partial charge on any atom is -0.508 e. The zero-order chi connectivity index (χ0) is 24.8. The van der Waals surface area contributed by atoms with E-state index in [4.69, 9.17) is 0 Å². The number of phenols is 1. The summed E-state index contributed by atoms with van der Waals surface area (Å²) in [4.78, 5) is 12.4. The molecule has 180 valence electrons. The molecular weight excluding hydrogens is 430 g/mol. The number of benzene rings is 3. The molecule has 0 aliphatic heterocycles. The van der Waals surface area contributed by atoms with Crippen LogP contribution in [0.3, 0.4) is 0 Å². The van der Waals surface area contributed by atoms with Gasteiger partial charge in [-0.1, -0.05) is 70.2 Å². The van der Waals surface area contributed by atoms with Gasteiger partial charge in [-0.3, -0.25) is 4.79 Å². The summed E-state index contributed by atoms with van der Waals surface area (Å²) >= 11 is 0. The molecule has 1 fully saturated rings. The summed E-state index contributed by atoms with van der Waals surface area (Å²) in [6.07, 6.45) is 8.19. The number of anilines is 1. The van der Waals surface area contributed by atoms with E-state index in [0.717, 1.165) is 18.4 Å². The molecule has 0 heterocycles. The Morgan fingerprint density at radius 1 is 0.800 bits per heavy atom. The van der Waals surface area contributed by atoms with Crippen molar-refractivity contribution < 1.29 is 9.90 Å². The summed E-state index contributed by atoms with van der Waals surface area (Å²) in [6, 6.07) is 22.3. The number of nitrogens with one attached hydrogen (secondary N) is 1. The maximum absolute atomic E-state index is 12.4. The van der Waals surface area contributed by atoms with Crippen molar-refractivity contribution in [3.05, 3.63) is 101 Å². The fourth-order valence-electron chi connectivity index (χ4n) is 5.60. The maximum atomic E-state index is 12.4. The Kier molecular flexibility index (Phi) is 5.62. The van der Waals surface area contributed by atoms with Gasteiger partial charge in [0.1, 0.15) is 5.75 Å².